The second-order valence-electron chi connectivity index (χ2n) is 5.96. The highest BCUT2D eigenvalue weighted by atomic mass is 19.1. The number of hydrogen-bond donors (Lipinski definition) is 1. The van der Waals surface area contributed by atoms with Crippen molar-refractivity contribution in [2.24, 2.45) is 0 Å². The molecule has 1 saturated carbocycles. The number of carbonyl (C=O) groups excluding carboxylic acids is 4. The van der Waals surface area contributed by atoms with Gasteiger partial charge in [0.2, 0.25) is 5.91 Å². The van der Waals surface area contributed by atoms with Crippen molar-refractivity contribution >= 4 is 29.4 Å². The summed E-state index contributed by atoms with van der Waals surface area (Å²) < 4.78 is 26.6. The molecule has 1 aromatic carbocycles. The highest BCUT2D eigenvalue weighted by Gasteiger charge is 2.48. The van der Waals surface area contributed by atoms with Crippen LogP contribution in [0.1, 0.15) is 25.7 Å². The SMILES string of the molecule is O=C(CN1C(=O)C(=O)N(C2CCCC2)C1=O)Nc1cc(F)ccc1F. The monoisotopic (exact) mass is 351 g/mol. The number of anilines is 1. The summed E-state index contributed by atoms with van der Waals surface area (Å²) in [6, 6.07) is 1.31. The zero-order valence-electron chi connectivity index (χ0n) is 13.1. The van der Waals surface area contributed by atoms with Crippen LogP contribution in [0.25, 0.3) is 0 Å². The predicted molar refractivity (Wildman–Crippen MR) is 81.2 cm³/mol. The molecule has 0 aromatic heterocycles. The maximum Gasteiger partial charge on any atom is 0.334 e. The van der Waals surface area contributed by atoms with Gasteiger partial charge in [0, 0.05) is 12.1 Å². The van der Waals surface area contributed by atoms with Gasteiger partial charge in [-0.3, -0.25) is 19.3 Å². The van der Waals surface area contributed by atoms with Crippen LogP contribution in [0.3, 0.4) is 0 Å². The zero-order valence-corrected chi connectivity index (χ0v) is 13.1. The normalized spacial score (nSPS) is 18.4. The van der Waals surface area contributed by atoms with Gasteiger partial charge in [-0.05, 0) is 25.0 Å². The minimum Gasteiger partial charge on any atom is -0.322 e. The third kappa shape index (κ3) is 3.21. The zero-order chi connectivity index (χ0) is 18.1. The molecule has 0 radical (unpaired) electrons. The van der Waals surface area contributed by atoms with Gasteiger partial charge in [-0.25, -0.2) is 18.5 Å². The number of hydrogen-bond acceptors (Lipinski definition) is 4. The fourth-order valence-electron chi connectivity index (χ4n) is 3.07. The Morgan fingerprint density at radius 2 is 1.80 bits per heavy atom. The Kier molecular flexibility index (Phi) is 4.47. The summed E-state index contributed by atoms with van der Waals surface area (Å²) in [5.74, 6) is -4.58. The quantitative estimate of drug-likeness (QED) is 0.660. The molecule has 132 valence electrons. The summed E-state index contributed by atoms with van der Waals surface area (Å²) in [6.45, 7) is -0.747. The van der Waals surface area contributed by atoms with E-state index in [4.69, 9.17) is 0 Å². The summed E-state index contributed by atoms with van der Waals surface area (Å²) in [4.78, 5) is 49.7. The maximum atomic E-state index is 13.5. The Balaban J connectivity index is 1.70. The molecule has 0 spiro atoms. The molecule has 9 heteroatoms. The molecular formula is C16H15F2N3O4. The number of halogens is 2. The van der Waals surface area contributed by atoms with E-state index in [0.717, 1.165) is 35.9 Å². The lowest BCUT2D eigenvalue weighted by atomic mass is 10.2. The molecule has 2 aliphatic rings. The van der Waals surface area contributed by atoms with E-state index in [1.807, 2.05) is 0 Å². The van der Waals surface area contributed by atoms with E-state index < -0.39 is 47.6 Å². The molecule has 1 aliphatic heterocycles. The Labute approximate surface area is 141 Å². The Hall–Kier alpha value is -2.84. The molecule has 1 heterocycles. The number of nitrogens with one attached hydrogen (secondary N) is 1. The Morgan fingerprint density at radius 3 is 2.48 bits per heavy atom. The summed E-state index contributed by atoms with van der Waals surface area (Å²) in [7, 11) is 0. The van der Waals surface area contributed by atoms with Gasteiger partial charge in [-0.2, -0.15) is 0 Å². The molecular weight excluding hydrogens is 336 g/mol. The number of benzene rings is 1. The average Bonchev–Trinajstić information content (AvgIpc) is 3.15. The summed E-state index contributed by atoms with van der Waals surface area (Å²) in [6.07, 6.45) is 2.96. The average molecular weight is 351 g/mol. The Morgan fingerprint density at radius 1 is 1.12 bits per heavy atom. The van der Waals surface area contributed by atoms with E-state index in [1.54, 1.807) is 0 Å². The third-order valence-corrected chi connectivity index (χ3v) is 4.28. The maximum absolute atomic E-state index is 13.5. The first kappa shape index (κ1) is 17.0. The van der Waals surface area contributed by atoms with Crippen molar-refractivity contribution < 1.29 is 28.0 Å². The summed E-state index contributed by atoms with van der Waals surface area (Å²) in [5.41, 5.74) is -0.414. The van der Waals surface area contributed by atoms with Gasteiger partial charge >= 0.3 is 17.8 Å². The molecule has 1 N–H and O–H groups in total. The minimum absolute atomic E-state index is 0.335. The largest absolute Gasteiger partial charge is 0.334 e. The number of imide groups is 2. The van der Waals surface area contributed by atoms with E-state index in [1.165, 1.54) is 0 Å². The summed E-state index contributed by atoms with van der Waals surface area (Å²) in [5, 5.41) is 2.09. The molecule has 1 saturated heterocycles. The van der Waals surface area contributed by atoms with Gasteiger partial charge in [0.25, 0.3) is 0 Å². The van der Waals surface area contributed by atoms with Crippen molar-refractivity contribution in [1.82, 2.24) is 9.80 Å². The van der Waals surface area contributed by atoms with Crippen LogP contribution in [-0.2, 0) is 14.4 Å². The van der Waals surface area contributed by atoms with Crippen LogP contribution in [0.4, 0.5) is 19.3 Å². The number of urea groups is 1. The Bertz CT molecular complexity index is 762. The van der Waals surface area contributed by atoms with E-state index in [0.29, 0.717) is 17.7 Å². The molecule has 0 unspecified atom stereocenters. The highest BCUT2D eigenvalue weighted by Crippen LogP contribution is 2.27. The van der Waals surface area contributed by atoms with Gasteiger partial charge in [0.05, 0.1) is 5.69 Å². The lowest BCUT2D eigenvalue weighted by Gasteiger charge is -2.20. The van der Waals surface area contributed by atoms with Crippen molar-refractivity contribution in [3.63, 3.8) is 0 Å². The predicted octanol–water partition coefficient (Wildman–Crippen LogP) is 1.64. The molecule has 5 amide bonds. The summed E-state index contributed by atoms with van der Waals surface area (Å²) >= 11 is 0. The second-order valence-corrected chi connectivity index (χ2v) is 5.96. The lowest BCUT2D eigenvalue weighted by Crippen LogP contribution is -2.41. The molecule has 3 rings (SSSR count). The number of nitrogens with zero attached hydrogens (tertiary/aromatic N) is 2. The van der Waals surface area contributed by atoms with Crippen molar-refractivity contribution in [3.8, 4) is 0 Å². The fraction of sp³-hybridized carbons (Fsp3) is 0.375. The molecule has 1 aromatic rings. The van der Waals surface area contributed by atoms with Crippen LogP contribution in [-0.4, -0.2) is 46.1 Å². The van der Waals surface area contributed by atoms with Gasteiger partial charge in [-0.15, -0.1) is 0 Å². The smallest absolute Gasteiger partial charge is 0.322 e. The van der Waals surface area contributed by atoms with Crippen molar-refractivity contribution in [2.45, 2.75) is 31.7 Å². The van der Waals surface area contributed by atoms with E-state index >= 15 is 0 Å². The molecule has 0 atom stereocenters. The molecule has 0 bridgehead atoms. The number of amides is 5. The van der Waals surface area contributed by atoms with Crippen molar-refractivity contribution in [1.29, 1.82) is 0 Å². The molecule has 2 fully saturated rings. The molecule has 1 aliphatic carbocycles. The van der Waals surface area contributed by atoms with Gasteiger partial charge in [0.1, 0.15) is 18.2 Å². The second kappa shape index (κ2) is 6.58. The number of rotatable bonds is 4. The third-order valence-electron chi connectivity index (χ3n) is 4.28. The fourth-order valence-corrected chi connectivity index (χ4v) is 3.07. The van der Waals surface area contributed by atoms with Gasteiger partial charge < -0.3 is 5.32 Å². The van der Waals surface area contributed by atoms with Crippen LogP contribution < -0.4 is 5.32 Å². The molecule has 7 nitrogen and oxygen atoms in total. The van der Waals surface area contributed by atoms with Crippen molar-refractivity contribution in [2.75, 3.05) is 11.9 Å². The minimum atomic E-state index is -1.09. The molecule has 25 heavy (non-hydrogen) atoms. The van der Waals surface area contributed by atoms with Crippen LogP contribution in [0.2, 0.25) is 0 Å². The first-order chi connectivity index (χ1) is 11.9. The lowest BCUT2D eigenvalue weighted by molar-refractivity contribution is -0.144. The van der Waals surface area contributed by atoms with Crippen molar-refractivity contribution in [3.05, 3.63) is 29.8 Å². The first-order valence-electron chi connectivity index (χ1n) is 7.82. The first-order valence-corrected chi connectivity index (χ1v) is 7.82. The van der Waals surface area contributed by atoms with Crippen LogP contribution >= 0.6 is 0 Å². The number of carbonyl (C=O) groups is 4. The van der Waals surface area contributed by atoms with Crippen LogP contribution in [0, 0.1) is 11.6 Å². The van der Waals surface area contributed by atoms with Gasteiger partial charge in [0.15, 0.2) is 0 Å². The van der Waals surface area contributed by atoms with Crippen LogP contribution in [0.15, 0.2) is 18.2 Å². The van der Waals surface area contributed by atoms with Crippen LogP contribution in [0.5, 0.6) is 0 Å². The standard InChI is InChI=1S/C16H15F2N3O4/c17-9-5-6-11(18)12(7-9)19-13(22)8-20-14(23)15(24)21(16(20)25)10-3-1-2-4-10/h5-7,10H,1-4,8H2,(H,19,22). The van der Waals surface area contributed by atoms with E-state index in [-0.39, 0.29) is 6.04 Å². The van der Waals surface area contributed by atoms with E-state index in [9.17, 15) is 28.0 Å². The highest BCUT2D eigenvalue weighted by molar-refractivity contribution is 6.45. The van der Waals surface area contributed by atoms with Gasteiger partial charge in [-0.1, -0.05) is 12.8 Å². The topological polar surface area (TPSA) is 86.8 Å². The van der Waals surface area contributed by atoms with E-state index in [2.05, 4.69) is 5.32 Å².